The van der Waals surface area contributed by atoms with Gasteiger partial charge in [0.05, 0.1) is 0 Å². The van der Waals surface area contributed by atoms with E-state index in [0.29, 0.717) is 18.9 Å². The summed E-state index contributed by atoms with van der Waals surface area (Å²) in [7, 11) is 0. The predicted molar refractivity (Wildman–Crippen MR) is 116 cm³/mol. The van der Waals surface area contributed by atoms with Crippen LogP contribution in [0.25, 0.3) is 0 Å². The van der Waals surface area contributed by atoms with Crippen molar-refractivity contribution in [3.05, 3.63) is 29.8 Å². The lowest BCUT2D eigenvalue weighted by atomic mass is 10.1. The van der Waals surface area contributed by atoms with Crippen molar-refractivity contribution >= 4 is 41.6 Å². The van der Waals surface area contributed by atoms with Crippen molar-refractivity contribution < 1.29 is 9.53 Å². The number of aliphatic imine (C=N–C) groups is 1. The maximum Gasteiger partial charge on any atom is 0.306 e. The van der Waals surface area contributed by atoms with Gasteiger partial charge in [-0.1, -0.05) is 25.5 Å². The second-order valence-electron chi connectivity index (χ2n) is 6.84. The number of hydrogen-bond acceptors (Lipinski definition) is 3. The summed E-state index contributed by atoms with van der Waals surface area (Å²) in [5.74, 6) is 0.290. The third kappa shape index (κ3) is 11.8. The van der Waals surface area contributed by atoms with E-state index >= 15 is 0 Å². The number of carbonyl (C=O) groups excluding carboxylic acids is 1. The number of guanidine groups is 1. The molecule has 142 valence electrons. The predicted octanol–water partition coefficient (Wildman–Crippen LogP) is 4.50. The first kappa shape index (κ1) is 23.7. The third-order valence-corrected chi connectivity index (χ3v) is 3.35. The minimum atomic E-state index is -0.406. The average Bonchev–Trinajstić information content (AvgIpc) is 2.49. The Bertz CT molecular complexity index is 554. The van der Waals surface area contributed by atoms with Crippen LogP contribution in [0.4, 0.5) is 5.69 Å². The van der Waals surface area contributed by atoms with Crippen molar-refractivity contribution in [2.75, 3.05) is 11.9 Å². The van der Waals surface area contributed by atoms with Crippen LogP contribution in [0.2, 0.25) is 0 Å². The molecule has 1 aromatic carbocycles. The van der Waals surface area contributed by atoms with Gasteiger partial charge >= 0.3 is 5.97 Å². The molecule has 0 aliphatic rings. The van der Waals surface area contributed by atoms with E-state index in [4.69, 9.17) is 10.5 Å². The molecular weight excluding hydrogens is 429 g/mol. The Hall–Kier alpha value is -1.31. The number of unbranched alkanes of at least 4 members (excludes halogenated alkanes) is 2. The van der Waals surface area contributed by atoms with Gasteiger partial charge in [-0.25, -0.2) is 0 Å². The molecule has 25 heavy (non-hydrogen) atoms. The Labute approximate surface area is 168 Å². The highest BCUT2D eigenvalue weighted by molar-refractivity contribution is 14.0. The SMILES string of the molecule is CCc1cccc(NC(N)=NCCCCCC(=O)OC(C)(C)C)c1.I. The van der Waals surface area contributed by atoms with Crippen molar-refractivity contribution in [1.29, 1.82) is 0 Å². The van der Waals surface area contributed by atoms with Crippen molar-refractivity contribution in [3.63, 3.8) is 0 Å². The van der Waals surface area contributed by atoms with E-state index in [1.807, 2.05) is 32.9 Å². The molecule has 0 bridgehead atoms. The van der Waals surface area contributed by atoms with Gasteiger partial charge in [0.2, 0.25) is 0 Å². The quantitative estimate of drug-likeness (QED) is 0.197. The number of ether oxygens (including phenoxy) is 1. The second-order valence-corrected chi connectivity index (χ2v) is 6.84. The number of hydrogen-bond donors (Lipinski definition) is 2. The van der Waals surface area contributed by atoms with Crippen molar-refractivity contribution in [2.24, 2.45) is 10.7 Å². The van der Waals surface area contributed by atoms with Gasteiger partial charge in [-0.15, -0.1) is 24.0 Å². The number of aryl methyl sites for hydroxylation is 1. The van der Waals surface area contributed by atoms with E-state index in [-0.39, 0.29) is 29.9 Å². The van der Waals surface area contributed by atoms with Crippen LogP contribution in [-0.2, 0) is 16.0 Å². The van der Waals surface area contributed by atoms with Crippen LogP contribution in [0.5, 0.6) is 0 Å². The number of benzene rings is 1. The Morgan fingerprint density at radius 2 is 1.96 bits per heavy atom. The van der Waals surface area contributed by atoms with Gasteiger partial charge in [-0.05, 0) is 57.7 Å². The minimum Gasteiger partial charge on any atom is -0.460 e. The highest BCUT2D eigenvalue weighted by Crippen LogP contribution is 2.11. The lowest BCUT2D eigenvalue weighted by Crippen LogP contribution is -2.23. The largest absolute Gasteiger partial charge is 0.460 e. The molecule has 0 fully saturated rings. The summed E-state index contributed by atoms with van der Waals surface area (Å²) in [4.78, 5) is 15.9. The fourth-order valence-electron chi connectivity index (χ4n) is 2.21. The van der Waals surface area contributed by atoms with E-state index in [1.165, 1.54) is 5.56 Å². The molecule has 0 heterocycles. The van der Waals surface area contributed by atoms with Crippen molar-refractivity contribution in [1.82, 2.24) is 0 Å². The highest BCUT2D eigenvalue weighted by Gasteiger charge is 2.15. The molecule has 0 saturated carbocycles. The summed E-state index contributed by atoms with van der Waals surface area (Å²) >= 11 is 0. The van der Waals surface area contributed by atoms with Crippen LogP contribution < -0.4 is 11.1 Å². The third-order valence-electron chi connectivity index (χ3n) is 3.35. The molecule has 0 unspecified atom stereocenters. The van der Waals surface area contributed by atoms with Crippen LogP contribution in [0.15, 0.2) is 29.3 Å². The van der Waals surface area contributed by atoms with Crippen LogP contribution in [0.3, 0.4) is 0 Å². The maximum atomic E-state index is 11.6. The zero-order valence-corrected chi connectivity index (χ0v) is 18.1. The zero-order valence-electron chi connectivity index (χ0n) is 15.8. The molecule has 0 amide bonds. The van der Waals surface area contributed by atoms with Gasteiger partial charge in [0.1, 0.15) is 5.60 Å². The smallest absolute Gasteiger partial charge is 0.306 e. The summed E-state index contributed by atoms with van der Waals surface area (Å²) in [6.45, 7) is 8.41. The molecule has 3 N–H and O–H groups in total. The molecule has 0 aliphatic heterocycles. The van der Waals surface area contributed by atoms with Gasteiger partial charge in [0.15, 0.2) is 5.96 Å². The molecule has 0 atom stereocenters. The average molecular weight is 461 g/mol. The van der Waals surface area contributed by atoms with Crippen LogP contribution in [0.1, 0.15) is 58.9 Å². The first-order valence-electron chi connectivity index (χ1n) is 8.68. The molecule has 1 rings (SSSR count). The fourth-order valence-corrected chi connectivity index (χ4v) is 2.21. The van der Waals surface area contributed by atoms with E-state index in [1.54, 1.807) is 0 Å². The molecule has 0 aliphatic carbocycles. The number of halogens is 1. The second kappa shape index (κ2) is 12.1. The van der Waals surface area contributed by atoms with Crippen LogP contribution in [0, 0.1) is 0 Å². The summed E-state index contributed by atoms with van der Waals surface area (Å²) in [5, 5.41) is 3.11. The number of nitrogens with two attached hydrogens (primary N) is 1. The molecule has 0 radical (unpaired) electrons. The number of esters is 1. The lowest BCUT2D eigenvalue weighted by molar-refractivity contribution is -0.154. The zero-order chi connectivity index (χ0) is 18.0. The summed E-state index contributed by atoms with van der Waals surface area (Å²) in [5.41, 5.74) is 7.71. The number of carbonyl (C=O) groups is 1. The van der Waals surface area contributed by atoms with Crippen LogP contribution in [-0.4, -0.2) is 24.1 Å². The standard InChI is InChI=1S/C19H31N3O2.HI/c1-5-15-10-9-11-16(14-15)22-18(20)21-13-8-6-7-12-17(23)24-19(2,3)4;/h9-11,14H,5-8,12-13H2,1-4H3,(H3,20,21,22);1H. The number of rotatable bonds is 8. The van der Waals surface area contributed by atoms with Gasteiger partial charge in [-0.3, -0.25) is 9.79 Å². The maximum absolute atomic E-state index is 11.6. The van der Waals surface area contributed by atoms with Crippen molar-refractivity contribution in [3.8, 4) is 0 Å². The Morgan fingerprint density at radius 1 is 1.24 bits per heavy atom. The number of nitrogens with one attached hydrogen (secondary N) is 1. The molecule has 0 spiro atoms. The molecule has 0 saturated heterocycles. The monoisotopic (exact) mass is 461 g/mol. The van der Waals surface area contributed by atoms with E-state index < -0.39 is 5.60 Å². The molecule has 5 nitrogen and oxygen atoms in total. The normalized spacial score (nSPS) is 11.6. The molecule has 0 aromatic heterocycles. The topological polar surface area (TPSA) is 76.7 Å². The van der Waals surface area contributed by atoms with Gasteiger partial charge in [0.25, 0.3) is 0 Å². The first-order chi connectivity index (χ1) is 11.3. The molecular formula is C19H32IN3O2. The van der Waals surface area contributed by atoms with E-state index in [0.717, 1.165) is 31.4 Å². The minimum absolute atomic E-state index is 0. The summed E-state index contributed by atoms with van der Waals surface area (Å²) < 4.78 is 5.27. The Morgan fingerprint density at radius 3 is 2.60 bits per heavy atom. The van der Waals surface area contributed by atoms with Gasteiger partial charge in [0, 0.05) is 18.7 Å². The van der Waals surface area contributed by atoms with Crippen LogP contribution >= 0.6 is 24.0 Å². The number of anilines is 1. The Balaban J connectivity index is 0.00000576. The van der Waals surface area contributed by atoms with Crippen molar-refractivity contribution in [2.45, 2.75) is 65.4 Å². The first-order valence-corrected chi connectivity index (χ1v) is 8.68. The number of nitrogens with zero attached hydrogens (tertiary/aromatic N) is 1. The summed E-state index contributed by atoms with van der Waals surface area (Å²) in [6.07, 6.45) is 4.10. The van der Waals surface area contributed by atoms with E-state index in [9.17, 15) is 4.79 Å². The van der Waals surface area contributed by atoms with Gasteiger partial charge in [-0.2, -0.15) is 0 Å². The molecule has 1 aromatic rings. The highest BCUT2D eigenvalue weighted by atomic mass is 127. The molecule has 6 heteroatoms. The fraction of sp³-hybridized carbons (Fsp3) is 0.579. The van der Waals surface area contributed by atoms with Gasteiger partial charge < -0.3 is 15.8 Å². The lowest BCUT2D eigenvalue weighted by Gasteiger charge is -2.19. The Kier molecular flexibility index (Phi) is 11.5. The van der Waals surface area contributed by atoms with E-state index in [2.05, 4.69) is 29.4 Å². The summed E-state index contributed by atoms with van der Waals surface area (Å²) in [6, 6.07) is 8.14.